The average Bonchev–Trinajstić information content (AvgIpc) is 2.41. The van der Waals surface area contributed by atoms with E-state index in [1.165, 1.54) is 12.1 Å². The molecule has 1 nitrogen and oxygen atoms in total. The van der Waals surface area contributed by atoms with Crippen LogP contribution in [-0.4, -0.2) is 7.05 Å². The van der Waals surface area contributed by atoms with E-state index in [-0.39, 0.29) is 5.82 Å². The van der Waals surface area contributed by atoms with Gasteiger partial charge in [-0.3, -0.25) is 0 Å². The maximum Gasteiger partial charge on any atom is 0.123 e. The van der Waals surface area contributed by atoms with Gasteiger partial charge in [0.25, 0.3) is 0 Å². The smallest absolute Gasteiger partial charge is 0.123 e. The summed E-state index contributed by atoms with van der Waals surface area (Å²) in [6.07, 6.45) is 0. The van der Waals surface area contributed by atoms with E-state index in [4.69, 9.17) is 11.6 Å². The molecule has 0 aliphatic heterocycles. The molecule has 0 N–H and O–H groups in total. The van der Waals surface area contributed by atoms with Gasteiger partial charge < -0.3 is 4.90 Å². The van der Waals surface area contributed by atoms with E-state index in [2.05, 4.69) is 20.8 Å². The first kappa shape index (κ1) is 14.4. The van der Waals surface area contributed by atoms with Gasteiger partial charge in [-0.05, 0) is 35.4 Å². The van der Waals surface area contributed by atoms with Crippen LogP contribution in [0.25, 0.3) is 0 Å². The van der Waals surface area contributed by atoms with Gasteiger partial charge in [0.15, 0.2) is 0 Å². The van der Waals surface area contributed by atoms with E-state index in [0.717, 1.165) is 21.3 Å². The molecule has 0 heterocycles. The first-order valence-electron chi connectivity index (χ1n) is 5.90. The zero-order chi connectivity index (χ0) is 13.8. The fourth-order valence-corrected chi connectivity index (χ4v) is 2.53. The molecule has 19 heavy (non-hydrogen) atoms. The Morgan fingerprint density at radius 2 is 1.84 bits per heavy atom. The van der Waals surface area contributed by atoms with Crippen molar-refractivity contribution in [2.75, 3.05) is 11.9 Å². The van der Waals surface area contributed by atoms with E-state index in [1.807, 2.05) is 25.2 Å². The summed E-state index contributed by atoms with van der Waals surface area (Å²) >= 11 is 9.43. The van der Waals surface area contributed by atoms with Crippen LogP contribution in [0.2, 0.25) is 0 Å². The average molecular weight is 343 g/mol. The standard InChI is InChI=1S/C15H14BrClFN/c1-19(10-11-2-6-14(18)7-3-11)15-8-13(16)5-4-12(15)9-17/h2-8H,9-10H2,1H3. The summed E-state index contributed by atoms with van der Waals surface area (Å²) in [7, 11) is 2.00. The molecule has 0 aliphatic carbocycles. The van der Waals surface area contributed by atoms with Gasteiger partial charge in [0, 0.05) is 29.6 Å². The van der Waals surface area contributed by atoms with Gasteiger partial charge in [0.1, 0.15) is 5.82 Å². The lowest BCUT2D eigenvalue weighted by atomic mass is 10.1. The minimum absolute atomic E-state index is 0.213. The van der Waals surface area contributed by atoms with Crippen LogP contribution in [0.15, 0.2) is 46.9 Å². The first-order chi connectivity index (χ1) is 9.10. The van der Waals surface area contributed by atoms with Crippen molar-refractivity contribution in [2.24, 2.45) is 0 Å². The van der Waals surface area contributed by atoms with Gasteiger partial charge in [-0.1, -0.05) is 34.1 Å². The fraction of sp³-hybridized carbons (Fsp3) is 0.200. The molecule has 0 unspecified atom stereocenters. The Morgan fingerprint density at radius 1 is 1.16 bits per heavy atom. The van der Waals surface area contributed by atoms with Crippen molar-refractivity contribution in [3.05, 3.63) is 63.9 Å². The second-order valence-corrected chi connectivity index (χ2v) is 5.57. The third-order valence-electron chi connectivity index (χ3n) is 2.94. The Balaban J connectivity index is 2.21. The topological polar surface area (TPSA) is 3.24 Å². The van der Waals surface area contributed by atoms with E-state index in [0.29, 0.717) is 12.4 Å². The molecule has 0 spiro atoms. The molecule has 4 heteroatoms. The van der Waals surface area contributed by atoms with E-state index in [1.54, 1.807) is 12.1 Å². The maximum atomic E-state index is 12.9. The van der Waals surface area contributed by atoms with Gasteiger partial charge in [-0.2, -0.15) is 0 Å². The number of rotatable bonds is 4. The summed E-state index contributed by atoms with van der Waals surface area (Å²) in [5, 5.41) is 0. The number of benzene rings is 2. The van der Waals surface area contributed by atoms with Crippen LogP contribution < -0.4 is 4.90 Å². The largest absolute Gasteiger partial charge is 0.370 e. The summed E-state index contributed by atoms with van der Waals surface area (Å²) in [4.78, 5) is 2.11. The molecule has 2 aromatic rings. The summed E-state index contributed by atoms with van der Waals surface area (Å²) in [6, 6.07) is 12.6. The Hall–Kier alpha value is -1.06. The first-order valence-corrected chi connectivity index (χ1v) is 7.23. The predicted molar refractivity (Wildman–Crippen MR) is 82.2 cm³/mol. The van der Waals surface area contributed by atoms with Crippen molar-refractivity contribution in [1.29, 1.82) is 0 Å². The molecular weight excluding hydrogens is 329 g/mol. The van der Waals surface area contributed by atoms with E-state index in [9.17, 15) is 4.39 Å². The van der Waals surface area contributed by atoms with Gasteiger partial charge in [0.05, 0.1) is 0 Å². The molecule has 0 atom stereocenters. The number of hydrogen-bond donors (Lipinski definition) is 0. The minimum Gasteiger partial charge on any atom is -0.370 e. The molecule has 0 aliphatic rings. The molecule has 0 saturated carbocycles. The molecule has 0 saturated heterocycles. The van der Waals surface area contributed by atoms with Gasteiger partial charge in [-0.25, -0.2) is 4.39 Å². The molecule has 100 valence electrons. The Kier molecular flexibility index (Phi) is 4.83. The van der Waals surface area contributed by atoms with Crippen LogP contribution in [0.4, 0.5) is 10.1 Å². The third-order valence-corrected chi connectivity index (χ3v) is 3.72. The third kappa shape index (κ3) is 3.71. The number of anilines is 1. The molecule has 0 bridgehead atoms. The zero-order valence-corrected chi connectivity index (χ0v) is 12.9. The lowest BCUT2D eigenvalue weighted by molar-refractivity contribution is 0.627. The van der Waals surface area contributed by atoms with Gasteiger partial charge >= 0.3 is 0 Å². The SMILES string of the molecule is CN(Cc1ccc(F)cc1)c1cc(Br)ccc1CCl. The van der Waals surface area contributed by atoms with Crippen molar-refractivity contribution < 1.29 is 4.39 Å². The Bertz CT molecular complexity index is 557. The van der Waals surface area contributed by atoms with Crippen molar-refractivity contribution in [2.45, 2.75) is 12.4 Å². The monoisotopic (exact) mass is 341 g/mol. The van der Waals surface area contributed by atoms with Crippen molar-refractivity contribution >= 4 is 33.2 Å². The van der Waals surface area contributed by atoms with E-state index < -0.39 is 0 Å². The summed E-state index contributed by atoms with van der Waals surface area (Å²) < 4.78 is 13.9. The van der Waals surface area contributed by atoms with Crippen LogP contribution >= 0.6 is 27.5 Å². The summed E-state index contributed by atoms with van der Waals surface area (Å²) in [6.45, 7) is 0.709. The highest BCUT2D eigenvalue weighted by Crippen LogP contribution is 2.26. The second kappa shape index (κ2) is 6.40. The lowest BCUT2D eigenvalue weighted by Gasteiger charge is -2.22. The molecule has 2 rings (SSSR count). The minimum atomic E-state index is -0.213. The highest BCUT2D eigenvalue weighted by atomic mass is 79.9. The van der Waals surface area contributed by atoms with Crippen molar-refractivity contribution in [3.8, 4) is 0 Å². The summed E-state index contributed by atoms with van der Waals surface area (Å²) in [5.74, 6) is 0.256. The molecule has 0 radical (unpaired) electrons. The van der Waals surface area contributed by atoms with Gasteiger partial charge in [0.2, 0.25) is 0 Å². The van der Waals surface area contributed by atoms with Crippen LogP contribution in [0.3, 0.4) is 0 Å². The molecule has 2 aromatic carbocycles. The molecule has 0 amide bonds. The van der Waals surface area contributed by atoms with Crippen molar-refractivity contribution in [1.82, 2.24) is 0 Å². The molecular formula is C15H14BrClFN. The second-order valence-electron chi connectivity index (χ2n) is 4.39. The Labute approximate surface area is 126 Å². The summed E-state index contributed by atoms with van der Waals surface area (Å²) in [5.41, 5.74) is 3.22. The van der Waals surface area contributed by atoms with Crippen LogP contribution in [0, 0.1) is 5.82 Å². The fourth-order valence-electron chi connectivity index (χ4n) is 1.95. The van der Waals surface area contributed by atoms with Gasteiger partial charge in [-0.15, -0.1) is 11.6 Å². The predicted octanol–water partition coefficient (Wildman–Crippen LogP) is 4.96. The van der Waals surface area contributed by atoms with Crippen LogP contribution in [0.5, 0.6) is 0 Å². The maximum absolute atomic E-state index is 12.9. The number of alkyl halides is 1. The van der Waals surface area contributed by atoms with E-state index >= 15 is 0 Å². The van der Waals surface area contributed by atoms with Crippen LogP contribution in [0.1, 0.15) is 11.1 Å². The molecule has 0 fully saturated rings. The quantitative estimate of drug-likeness (QED) is 0.710. The number of nitrogens with zero attached hydrogens (tertiary/aromatic N) is 1. The normalized spacial score (nSPS) is 10.5. The molecule has 0 aromatic heterocycles. The van der Waals surface area contributed by atoms with Crippen molar-refractivity contribution in [3.63, 3.8) is 0 Å². The number of halogens is 3. The Morgan fingerprint density at radius 3 is 2.47 bits per heavy atom. The highest BCUT2D eigenvalue weighted by molar-refractivity contribution is 9.10. The number of hydrogen-bond acceptors (Lipinski definition) is 1. The lowest BCUT2D eigenvalue weighted by Crippen LogP contribution is -2.17. The van der Waals surface area contributed by atoms with Crippen LogP contribution in [-0.2, 0) is 12.4 Å². The zero-order valence-electron chi connectivity index (χ0n) is 10.5. The highest BCUT2D eigenvalue weighted by Gasteiger charge is 2.08.